The number of amidine groups is 1. The topological polar surface area (TPSA) is 60.4 Å². The molecule has 0 bridgehead atoms. The predicted octanol–water partition coefficient (Wildman–Crippen LogP) is 4.77. The molecule has 136 valence electrons. The lowest BCUT2D eigenvalue weighted by Crippen LogP contribution is -2.01. The van der Waals surface area contributed by atoms with Crippen LogP contribution in [0, 0.1) is 0 Å². The van der Waals surface area contributed by atoms with Crippen LogP contribution in [0.2, 0.25) is 0 Å². The maximum atomic E-state index is 12.0. The summed E-state index contributed by atoms with van der Waals surface area (Å²) in [6, 6.07) is 23.1. The molecular weight excluding hydrogens is 366 g/mol. The van der Waals surface area contributed by atoms with Gasteiger partial charge in [0.1, 0.15) is 0 Å². The summed E-state index contributed by atoms with van der Waals surface area (Å²) in [4.78, 5) is 16.4. The number of carbonyl (C=O) groups excluding carboxylic acids is 1. The van der Waals surface area contributed by atoms with E-state index in [-0.39, 0.29) is 5.91 Å². The highest BCUT2D eigenvalue weighted by atomic mass is 32.2. The van der Waals surface area contributed by atoms with Crippen molar-refractivity contribution in [3.8, 4) is 0 Å². The molecule has 4 nitrogen and oxygen atoms in total. The van der Waals surface area contributed by atoms with E-state index in [4.69, 9.17) is 5.73 Å². The molecule has 1 aliphatic rings. The van der Waals surface area contributed by atoms with E-state index in [1.165, 1.54) is 28.1 Å². The van der Waals surface area contributed by atoms with E-state index in [1.54, 1.807) is 0 Å². The molecular formula is C23H17N3OS. The normalized spacial score (nSPS) is 15.6. The number of rotatable bonds is 3. The molecule has 0 atom stereocenters. The van der Waals surface area contributed by atoms with Crippen LogP contribution in [0.15, 0.2) is 82.8 Å². The molecule has 0 fully saturated rings. The number of carbonyl (C=O) groups is 1. The van der Waals surface area contributed by atoms with Gasteiger partial charge in [-0.25, -0.2) is 0 Å². The molecule has 0 saturated heterocycles. The van der Waals surface area contributed by atoms with Gasteiger partial charge in [0.2, 0.25) is 0 Å². The molecule has 0 saturated carbocycles. The van der Waals surface area contributed by atoms with Crippen molar-refractivity contribution in [3.05, 3.63) is 89.0 Å². The number of hydrogen-bond acceptors (Lipinski definition) is 3. The van der Waals surface area contributed by atoms with E-state index in [1.807, 2.05) is 18.2 Å². The van der Waals surface area contributed by atoms with Crippen LogP contribution in [0.5, 0.6) is 0 Å². The second-order valence-corrected chi connectivity index (χ2v) is 7.80. The maximum Gasteiger partial charge on any atom is 0.286 e. The number of thioether (sulfide) groups is 1. The Kier molecular flexibility index (Phi) is 4.02. The van der Waals surface area contributed by atoms with E-state index < -0.39 is 0 Å². The first-order valence-electron chi connectivity index (χ1n) is 9.01. The zero-order valence-corrected chi connectivity index (χ0v) is 15.8. The number of para-hydroxylation sites is 1. The van der Waals surface area contributed by atoms with Gasteiger partial charge in [0.15, 0.2) is 5.17 Å². The van der Waals surface area contributed by atoms with Crippen LogP contribution < -0.4 is 5.73 Å². The number of aliphatic imine (C=N–C) groups is 1. The minimum Gasteiger partial charge on any atom is -0.378 e. The van der Waals surface area contributed by atoms with Crippen LogP contribution >= 0.6 is 11.8 Å². The van der Waals surface area contributed by atoms with Gasteiger partial charge in [-0.05, 0) is 40.2 Å². The quantitative estimate of drug-likeness (QED) is 0.518. The SMILES string of the molecule is NC1=NC(=O)/C(=C/c2cn(Cc3cccc4ccccc34)c3ccccc23)S1. The molecule has 2 N–H and O–H groups in total. The van der Waals surface area contributed by atoms with Gasteiger partial charge in [0, 0.05) is 29.2 Å². The second-order valence-electron chi connectivity index (χ2n) is 6.73. The minimum atomic E-state index is -0.270. The zero-order chi connectivity index (χ0) is 19.1. The van der Waals surface area contributed by atoms with Crippen LogP contribution in [0.4, 0.5) is 0 Å². The molecule has 2 heterocycles. The van der Waals surface area contributed by atoms with Crippen LogP contribution in [0.1, 0.15) is 11.1 Å². The predicted molar refractivity (Wildman–Crippen MR) is 117 cm³/mol. The first-order valence-corrected chi connectivity index (χ1v) is 9.83. The smallest absolute Gasteiger partial charge is 0.286 e. The third-order valence-corrected chi connectivity index (χ3v) is 5.78. The Balaban J connectivity index is 1.61. The standard InChI is InChI=1S/C23H17N3OS/c24-23-25-22(27)21(28-23)12-17-14-26(20-11-4-3-10-19(17)20)13-16-8-5-7-15-6-1-2-9-18(15)16/h1-12,14H,13H2,(H2,24,25,27)/b21-12-. The Morgan fingerprint density at radius 2 is 1.71 bits per heavy atom. The van der Waals surface area contributed by atoms with Gasteiger partial charge in [0.05, 0.1) is 4.91 Å². The summed E-state index contributed by atoms with van der Waals surface area (Å²) in [6.45, 7) is 0.755. The third-order valence-electron chi connectivity index (χ3n) is 4.96. The van der Waals surface area contributed by atoms with Gasteiger partial charge >= 0.3 is 0 Å². The van der Waals surface area contributed by atoms with Crippen molar-refractivity contribution in [2.75, 3.05) is 0 Å². The van der Waals surface area contributed by atoms with Crippen LogP contribution in [0.25, 0.3) is 27.8 Å². The first-order chi connectivity index (χ1) is 13.7. The van der Waals surface area contributed by atoms with Gasteiger partial charge in [-0.1, -0.05) is 60.7 Å². The summed E-state index contributed by atoms with van der Waals surface area (Å²) in [5.41, 5.74) is 9.08. The number of hydrogen-bond donors (Lipinski definition) is 1. The minimum absolute atomic E-state index is 0.270. The Hall–Kier alpha value is -3.31. The largest absolute Gasteiger partial charge is 0.378 e. The number of aromatic nitrogens is 1. The van der Waals surface area contributed by atoms with E-state index in [0.29, 0.717) is 10.1 Å². The van der Waals surface area contributed by atoms with Crippen molar-refractivity contribution in [3.63, 3.8) is 0 Å². The monoisotopic (exact) mass is 383 g/mol. The molecule has 0 aliphatic carbocycles. The summed E-state index contributed by atoms with van der Waals surface area (Å²) in [5.74, 6) is -0.270. The highest BCUT2D eigenvalue weighted by Gasteiger charge is 2.20. The van der Waals surface area contributed by atoms with E-state index in [2.05, 4.69) is 70.4 Å². The number of benzene rings is 3. The van der Waals surface area contributed by atoms with Crippen molar-refractivity contribution in [1.29, 1.82) is 0 Å². The summed E-state index contributed by atoms with van der Waals surface area (Å²) < 4.78 is 2.23. The Labute approximate surface area is 166 Å². The van der Waals surface area contributed by atoms with Crippen LogP contribution in [-0.4, -0.2) is 15.6 Å². The molecule has 0 radical (unpaired) electrons. The van der Waals surface area contributed by atoms with Crippen LogP contribution in [0.3, 0.4) is 0 Å². The summed E-state index contributed by atoms with van der Waals surface area (Å²) in [7, 11) is 0. The number of amides is 1. The highest BCUT2D eigenvalue weighted by Crippen LogP contribution is 2.31. The highest BCUT2D eigenvalue weighted by molar-refractivity contribution is 8.18. The van der Waals surface area contributed by atoms with E-state index in [0.717, 1.165) is 23.0 Å². The molecule has 1 aliphatic heterocycles. The van der Waals surface area contributed by atoms with Crippen LogP contribution in [-0.2, 0) is 11.3 Å². The fraction of sp³-hybridized carbons (Fsp3) is 0.0435. The molecule has 4 aromatic rings. The molecule has 0 spiro atoms. The Bertz CT molecular complexity index is 1290. The first kappa shape index (κ1) is 16.8. The Morgan fingerprint density at radius 3 is 2.54 bits per heavy atom. The van der Waals surface area contributed by atoms with Gasteiger partial charge in [0.25, 0.3) is 5.91 Å². The van der Waals surface area contributed by atoms with Gasteiger partial charge in [-0.15, -0.1) is 0 Å². The lowest BCUT2D eigenvalue weighted by Gasteiger charge is -2.09. The molecule has 28 heavy (non-hydrogen) atoms. The summed E-state index contributed by atoms with van der Waals surface area (Å²) in [5, 5.41) is 3.90. The lowest BCUT2D eigenvalue weighted by molar-refractivity contribution is -0.113. The molecule has 0 unspecified atom stereocenters. The summed E-state index contributed by atoms with van der Waals surface area (Å²) >= 11 is 1.22. The molecule has 1 amide bonds. The Morgan fingerprint density at radius 1 is 0.964 bits per heavy atom. The molecule has 3 aromatic carbocycles. The van der Waals surface area contributed by atoms with Gasteiger partial charge in [-0.3, -0.25) is 4.79 Å². The average Bonchev–Trinajstić information content (AvgIpc) is 3.22. The average molecular weight is 383 g/mol. The summed E-state index contributed by atoms with van der Waals surface area (Å²) in [6.07, 6.45) is 3.99. The van der Waals surface area contributed by atoms with E-state index in [9.17, 15) is 4.79 Å². The number of nitrogens with zero attached hydrogens (tertiary/aromatic N) is 2. The van der Waals surface area contributed by atoms with Crippen molar-refractivity contribution >= 4 is 50.6 Å². The number of fused-ring (bicyclic) bond motifs is 2. The third kappa shape index (κ3) is 2.90. The van der Waals surface area contributed by atoms with Gasteiger partial charge < -0.3 is 10.3 Å². The van der Waals surface area contributed by atoms with Crippen molar-refractivity contribution < 1.29 is 4.79 Å². The molecule has 5 rings (SSSR count). The van der Waals surface area contributed by atoms with E-state index >= 15 is 0 Å². The van der Waals surface area contributed by atoms with Gasteiger partial charge in [-0.2, -0.15) is 4.99 Å². The van der Waals surface area contributed by atoms with Crippen molar-refractivity contribution in [1.82, 2.24) is 4.57 Å². The van der Waals surface area contributed by atoms with Crippen molar-refractivity contribution in [2.45, 2.75) is 6.54 Å². The fourth-order valence-corrected chi connectivity index (χ4v) is 4.37. The molecule has 1 aromatic heterocycles. The fourth-order valence-electron chi connectivity index (χ4n) is 3.70. The number of nitrogens with two attached hydrogens (primary N) is 1. The maximum absolute atomic E-state index is 12.0. The molecule has 5 heteroatoms. The zero-order valence-electron chi connectivity index (χ0n) is 15.0. The van der Waals surface area contributed by atoms with Crippen molar-refractivity contribution in [2.24, 2.45) is 10.7 Å². The second kappa shape index (κ2) is 6.69. The lowest BCUT2D eigenvalue weighted by atomic mass is 10.0.